The van der Waals surface area contributed by atoms with Crippen LogP contribution in [0, 0.1) is 0 Å². The fourth-order valence-electron chi connectivity index (χ4n) is 3.62. The van der Waals surface area contributed by atoms with Gasteiger partial charge in [-0.15, -0.1) is 0 Å². The molecule has 7 heteroatoms. The molecule has 0 radical (unpaired) electrons. The highest BCUT2D eigenvalue weighted by Gasteiger charge is 2.22. The Labute approximate surface area is 152 Å². The molecular weight excluding hydrogens is 332 g/mol. The number of nitrogens with one attached hydrogen (secondary N) is 2. The van der Waals surface area contributed by atoms with Crippen molar-refractivity contribution >= 4 is 22.8 Å². The molecule has 1 aromatic heterocycles. The van der Waals surface area contributed by atoms with Crippen molar-refractivity contribution in [3.63, 3.8) is 0 Å². The molecule has 2 heterocycles. The third kappa shape index (κ3) is 3.78. The van der Waals surface area contributed by atoms with E-state index in [0.717, 1.165) is 37.5 Å². The highest BCUT2D eigenvalue weighted by molar-refractivity contribution is 6.05. The molecule has 4 rings (SSSR count). The van der Waals surface area contributed by atoms with E-state index in [0.29, 0.717) is 30.2 Å². The Morgan fingerprint density at radius 2 is 2.00 bits per heavy atom. The number of ether oxygens (including phenoxy) is 1. The Kier molecular flexibility index (Phi) is 4.99. The zero-order valence-corrected chi connectivity index (χ0v) is 14.6. The summed E-state index contributed by atoms with van der Waals surface area (Å²) in [6.45, 7) is 1.25. The summed E-state index contributed by atoms with van der Waals surface area (Å²) in [7, 11) is 0. The maximum atomic E-state index is 12.7. The minimum Gasteiger partial charge on any atom is -0.393 e. The Morgan fingerprint density at radius 1 is 1.15 bits per heavy atom. The van der Waals surface area contributed by atoms with Crippen LogP contribution in [-0.2, 0) is 4.74 Å². The summed E-state index contributed by atoms with van der Waals surface area (Å²) in [6.07, 6.45) is 5.77. The Morgan fingerprint density at radius 3 is 2.77 bits per heavy atom. The standard InChI is InChI=1S/C19H24N4O3/c24-15-6-4-13(5-7-15)22-19-20-10-12-2-1-3-16(17(12)23-19)18(25)21-14-8-9-26-11-14/h1-3,10,13-15,24H,4-9,11H2,(H,21,25)(H,20,22,23)/t13-,14?,15-. The predicted octanol–water partition coefficient (Wildman–Crippen LogP) is 1.86. The number of hydrogen-bond acceptors (Lipinski definition) is 6. The normalized spacial score (nSPS) is 26.0. The molecule has 1 saturated carbocycles. The molecule has 2 fully saturated rings. The average Bonchev–Trinajstić information content (AvgIpc) is 3.16. The lowest BCUT2D eigenvalue weighted by Gasteiger charge is -2.26. The van der Waals surface area contributed by atoms with Gasteiger partial charge in [-0.3, -0.25) is 4.79 Å². The minimum atomic E-state index is -0.194. The van der Waals surface area contributed by atoms with Gasteiger partial charge in [0.15, 0.2) is 0 Å². The molecule has 0 spiro atoms. The summed E-state index contributed by atoms with van der Waals surface area (Å²) in [4.78, 5) is 21.7. The van der Waals surface area contributed by atoms with Crippen LogP contribution >= 0.6 is 0 Å². The SMILES string of the molecule is O=C(NC1CCOC1)c1cccc2cnc(N[C@H]3CC[C@H](O)CC3)nc12. The molecular formula is C19H24N4O3. The van der Waals surface area contributed by atoms with E-state index in [1.165, 1.54) is 0 Å². The Balaban J connectivity index is 1.54. The van der Waals surface area contributed by atoms with Gasteiger partial charge in [-0.25, -0.2) is 9.97 Å². The molecule has 1 aliphatic carbocycles. The van der Waals surface area contributed by atoms with Crippen LogP contribution in [0.15, 0.2) is 24.4 Å². The van der Waals surface area contributed by atoms with Crippen LogP contribution in [0.2, 0.25) is 0 Å². The fraction of sp³-hybridized carbons (Fsp3) is 0.526. The lowest BCUT2D eigenvalue weighted by Crippen LogP contribution is -2.35. The molecule has 0 bridgehead atoms. The third-order valence-corrected chi connectivity index (χ3v) is 5.15. The summed E-state index contributed by atoms with van der Waals surface area (Å²) < 4.78 is 5.32. The fourth-order valence-corrected chi connectivity index (χ4v) is 3.62. The number of nitrogens with zero attached hydrogens (tertiary/aromatic N) is 2. The molecule has 1 unspecified atom stereocenters. The number of carbonyl (C=O) groups excluding carboxylic acids is 1. The predicted molar refractivity (Wildman–Crippen MR) is 98.1 cm³/mol. The Hall–Kier alpha value is -2.25. The van der Waals surface area contributed by atoms with Crippen LogP contribution in [-0.4, -0.2) is 52.4 Å². The van der Waals surface area contributed by atoms with Crippen LogP contribution in [0.4, 0.5) is 5.95 Å². The molecule has 1 atom stereocenters. The zero-order chi connectivity index (χ0) is 17.9. The van der Waals surface area contributed by atoms with Crippen molar-refractivity contribution < 1.29 is 14.6 Å². The van der Waals surface area contributed by atoms with Gasteiger partial charge < -0.3 is 20.5 Å². The van der Waals surface area contributed by atoms with E-state index >= 15 is 0 Å². The van der Waals surface area contributed by atoms with Crippen molar-refractivity contribution in [2.75, 3.05) is 18.5 Å². The van der Waals surface area contributed by atoms with Gasteiger partial charge in [0.05, 0.1) is 29.8 Å². The molecule has 26 heavy (non-hydrogen) atoms. The summed E-state index contributed by atoms with van der Waals surface area (Å²) in [5, 5.41) is 16.8. The maximum absolute atomic E-state index is 12.7. The first-order valence-corrected chi connectivity index (χ1v) is 9.28. The molecule has 7 nitrogen and oxygen atoms in total. The van der Waals surface area contributed by atoms with Gasteiger partial charge in [-0.05, 0) is 38.2 Å². The highest BCUT2D eigenvalue weighted by atomic mass is 16.5. The number of anilines is 1. The van der Waals surface area contributed by atoms with E-state index in [2.05, 4.69) is 20.6 Å². The van der Waals surface area contributed by atoms with Gasteiger partial charge in [0, 0.05) is 24.2 Å². The van der Waals surface area contributed by atoms with Crippen molar-refractivity contribution in [2.24, 2.45) is 0 Å². The van der Waals surface area contributed by atoms with Crippen LogP contribution < -0.4 is 10.6 Å². The maximum Gasteiger partial charge on any atom is 0.253 e. The Bertz CT molecular complexity index is 783. The highest BCUT2D eigenvalue weighted by Crippen LogP contribution is 2.23. The van der Waals surface area contributed by atoms with Crippen molar-refractivity contribution in [1.29, 1.82) is 0 Å². The second kappa shape index (κ2) is 7.55. The minimum absolute atomic E-state index is 0.0610. The molecule has 138 valence electrons. The second-order valence-electron chi connectivity index (χ2n) is 7.12. The summed E-state index contributed by atoms with van der Waals surface area (Å²) in [5.41, 5.74) is 1.20. The van der Waals surface area contributed by atoms with Gasteiger partial charge in [-0.2, -0.15) is 0 Å². The first kappa shape index (κ1) is 17.2. The van der Waals surface area contributed by atoms with Gasteiger partial charge in [-0.1, -0.05) is 12.1 Å². The number of para-hydroxylation sites is 1. The molecule has 1 aliphatic heterocycles. The lowest BCUT2D eigenvalue weighted by atomic mass is 9.93. The number of hydrogen-bond donors (Lipinski definition) is 3. The number of fused-ring (bicyclic) bond motifs is 1. The van der Waals surface area contributed by atoms with Gasteiger partial charge >= 0.3 is 0 Å². The van der Waals surface area contributed by atoms with Crippen molar-refractivity contribution in [2.45, 2.75) is 50.3 Å². The molecule has 2 aliphatic rings. The quantitative estimate of drug-likeness (QED) is 0.774. The third-order valence-electron chi connectivity index (χ3n) is 5.15. The average molecular weight is 356 g/mol. The smallest absolute Gasteiger partial charge is 0.253 e. The lowest BCUT2D eigenvalue weighted by molar-refractivity contribution is 0.0931. The van der Waals surface area contributed by atoms with Gasteiger partial charge in [0.1, 0.15) is 0 Å². The van der Waals surface area contributed by atoms with Crippen LogP contribution in [0.25, 0.3) is 10.9 Å². The number of aromatic nitrogens is 2. The second-order valence-corrected chi connectivity index (χ2v) is 7.12. The first-order chi connectivity index (χ1) is 12.7. The van der Waals surface area contributed by atoms with Crippen LogP contribution in [0.3, 0.4) is 0 Å². The summed E-state index contributed by atoms with van der Waals surface area (Å²) in [6, 6.07) is 5.87. The van der Waals surface area contributed by atoms with Gasteiger partial charge in [0.25, 0.3) is 5.91 Å². The topological polar surface area (TPSA) is 96.4 Å². The van der Waals surface area contributed by atoms with E-state index in [9.17, 15) is 9.90 Å². The van der Waals surface area contributed by atoms with E-state index in [4.69, 9.17) is 4.74 Å². The van der Waals surface area contributed by atoms with Crippen molar-refractivity contribution in [3.8, 4) is 0 Å². The van der Waals surface area contributed by atoms with Crippen molar-refractivity contribution in [1.82, 2.24) is 15.3 Å². The molecule has 3 N–H and O–H groups in total. The van der Waals surface area contributed by atoms with Crippen LogP contribution in [0.5, 0.6) is 0 Å². The van der Waals surface area contributed by atoms with E-state index < -0.39 is 0 Å². The molecule has 1 aromatic carbocycles. The molecule has 1 saturated heterocycles. The summed E-state index contributed by atoms with van der Waals surface area (Å²) in [5.74, 6) is 0.403. The zero-order valence-electron chi connectivity index (χ0n) is 14.6. The number of benzene rings is 1. The molecule has 1 amide bonds. The van der Waals surface area contributed by atoms with E-state index in [-0.39, 0.29) is 24.1 Å². The summed E-state index contributed by atoms with van der Waals surface area (Å²) >= 11 is 0. The van der Waals surface area contributed by atoms with E-state index in [1.807, 2.05) is 12.1 Å². The van der Waals surface area contributed by atoms with Crippen molar-refractivity contribution in [3.05, 3.63) is 30.0 Å². The number of amides is 1. The number of aliphatic hydroxyl groups excluding tert-OH is 1. The first-order valence-electron chi connectivity index (χ1n) is 9.28. The number of aliphatic hydroxyl groups is 1. The number of carbonyl (C=O) groups is 1. The number of rotatable bonds is 4. The monoisotopic (exact) mass is 356 g/mol. The van der Waals surface area contributed by atoms with Crippen LogP contribution in [0.1, 0.15) is 42.5 Å². The van der Waals surface area contributed by atoms with E-state index in [1.54, 1.807) is 12.3 Å². The molecule has 2 aromatic rings. The largest absolute Gasteiger partial charge is 0.393 e. The van der Waals surface area contributed by atoms with Gasteiger partial charge in [0.2, 0.25) is 5.95 Å².